The summed E-state index contributed by atoms with van der Waals surface area (Å²) in [6, 6.07) is 9.95. The van der Waals surface area contributed by atoms with Gasteiger partial charge in [-0.1, -0.05) is 58.4 Å². The molecule has 1 fully saturated rings. The SMILES string of the molecule is OC(c1ccccc1)[C@@]1(Br)[C@@H]2C=CCC[C@@H]21. The fourth-order valence-electron chi connectivity index (χ4n) is 2.95. The average molecular weight is 279 g/mol. The zero-order valence-corrected chi connectivity index (χ0v) is 10.6. The van der Waals surface area contributed by atoms with Crippen molar-refractivity contribution in [1.29, 1.82) is 0 Å². The molecule has 0 amide bonds. The first kappa shape index (κ1) is 10.5. The summed E-state index contributed by atoms with van der Waals surface area (Å²) in [5, 5.41) is 10.5. The molecule has 0 heterocycles. The van der Waals surface area contributed by atoms with Gasteiger partial charge < -0.3 is 5.11 Å². The Bertz CT molecular complexity index is 414. The lowest BCUT2D eigenvalue weighted by atomic mass is 10.0. The van der Waals surface area contributed by atoms with Gasteiger partial charge >= 0.3 is 0 Å². The highest BCUT2D eigenvalue weighted by atomic mass is 79.9. The Morgan fingerprint density at radius 1 is 1.31 bits per heavy atom. The highest BCUT2D eigenvalue weighted by Crippen LogP contribution is 2.67. The smallest absolute Gasteiger partial charge is 0.0951 e. The van der Waals surface area contributed by atoms with E-state index in [9.17, 15) is 5.11 Å². The maximum absolute atomic E-state index is 10.5. The minimum atomic E-state index is -0.397. The predicted octanol–water partition coefficient (Wildman–Crippen LogP) is 3.45. The molecule has 1 unspecified atom stereocenters. The maximum Gasteiger partial charge on any atom is 0.0951 e. The Morgan fingerprint density at radius 3 is 2.69 bits per heavy atom. The number of benzene rings is 1. The van der Waals surface area contributed by atoms with Gasteiger partial charge in [-0.25, -0.2) is 0 Å². The van der Waals surface area contributed by atoms with Crippen molar-refractivity contribution in [2.24, 2.45) is 11.8 Å². The molecule has 2 aliphatic carbocycles. The van der Waals surface area contributed by atoms with Crippen molar-refractivity contribution in [1.82, 2.24) is 0 Å². The second-order valence-electron chi connectivity index (χ2n) is 4.78. The first-order chi connectivity index (χ1) is 7.74. The number of aliphatic hydroxyl groups is 1. The minimum Gasteiger partial charge on any atom is -0.387 e. The van der Waals surface area contributed by atoms with Crippen LogP contribution in [0.3, 0.4) is 0 Å². The van der Waals surface area contributed by atoms with Crippen LogP contribution in [-0.4, -0.2) is 9.43 Å². The predicted molar refractivity (Wildman–Crippen MR) is 68.4 cm³/mol. The molecule has 1 N–H and O–H groups in total. The number of hydrogen-bond donors (Lipinski definition) is 1. The van der Waals surface area contributed by atoms with Gasteiger partial charge in [0.25, 0.3) is 0 Å². The summed E-state index contributed by atoms with van der Waals surface area (Å²) in [6.07, 6.45) is 6.44. The van der Waals surface area contributed by atoms with Crippen LogP contribution in [0, 0.1) is 11.8 Å². The molecule has 3 rings (SSSR count). The highest BCUT2D eigenvalue weighted by molar-refractivity contribution is 9.10. The number of allylic oxidation sites excluding steroid dienone is 2. The Balaban J connectivity index is 1.87. The van der Waals surface area contributed by atoms with Crippen LogP contribution in [-0.2, 0) is 0 Å². The zero-order chi connectivity index (χ0) is 11.2. The number of alkyl halides is 1. The van der Waals surface area contributed by atoms with Gasteiger partial charge in [0, 0.05) is 0 Å². The summed E-state index contributed by atoms with van der Waals surface area (Å²) in [5.74, 6) is 1.11. The fraction of sp³-hybridized carbons (Fsp3) is 0.429. The van der Waals surface area contributed by atoms with Gasteiger partial charge in [-0.3, -0.25) is 0 Å². The molecule has 1 aromatic rings. The minimum absolute atomic E-state index is 0.110. The Labute approximate surface area is 104 Å². The van der Waals surface area contributed by atoms with E-state index in [1.807, 2.05) is 30.3 Å². The third-order valence-corrected chi connectivity index (χ3v) is 5.48. The fourth-order valence-corrected chi connectivity index (χ4v) is 4.07. The van der Waals surface area contributed by atoms with E-state index in [-0.39, 0.29) is 4.32 Å². The van der Waals surface area contributed by atoms with Crippen molar-refractivity contribution < 1.29 is 5.11 Å². The lowest BCUT2D eigenvalue weighted by Crippen LogP contribution is -2.16. The van der Waals surface area contributed by atoms with Crippen molar-refractivity contribution >= 4 is 15.9 Å². The highest BCUT2D eigenvalue weighted by Gasteiger charge is 2.65. The number of rotatable bonds is 2. The Morgan fingerprint density at radius 2 is 2.06 bits per heavy atom. The molecule has 0 spiro atoms. The van der Waals surface area contributed by atoms with Gasteiger partial charge in [-0.2, -0.15) is 0 Å². The van der Waals surface area contributed by atoms with Crippen LogP contribution >= 0.6 is 15.9 Å². The lowest BCUT2D eigenvalue weighted by molar-refractivity contribution is 0.161. The molecule has 1 aromatic carbocycles. The summed E-state index contributed by atoms with van der Waals surface area (Å²) in [7, 11) is 0. The molecule has 0 bridgehead atoms. The molecule has 4 atom stereocenters. The van der Waals surface area contributed by atoms with E-state index >= 15 is 0 Å². The van der Waals surface area contributed by atoms with Crippen molar-refractivity contribution in [2.75, 3.05) is 0 Å². The second kappa shape index (κ2) is 3.71. The quantitative estimate of drug-likeness (QED) is 0.649. The molecule has 0 aromatic heterocycles. The van der Waals surface area contributed by atoms with E-state index in [0.717, 1.165) is 12.0 Å². The Hall–Kier alpha value is -0.600. The van der Waals surface area contributed by atoms with Crippen LogP contribution in [0.15, 0.2) is 42.5 Å². The second-order valence-corrected chi connectivity index (χ2v) is 6.15. The summed E-state index contributed by atoms with van der Waals surface area (Å²) in [5.41, 5.74) is 1.02. The third kappa shape index (κ3) is 1.40. The number of fused-ring (bicyclic) bond motifs is 1. The van der Waals surface area contributed by atoms with Crippen LogP contribution in [0.1, 0.15) is 24.5 Å². The number of halogens is 1. The average Bonchev–Trinajstić information content (AvgIpc) is 2.98. The number of hydrogen-bond acceptors (Lipinski definition) is 1. The summed E-state index contributed by atoms with van der Waals surface area (Å²) >= 11 is 3.78. The van der Waals surface area contributed by atoms with Crippen LogP contribution in [0.5, 0.6) is 0 Å². The van der Waals surface area contributed by atoms with Crippen LogP contribution in [0.4, 0.5) is 0 Å². The molecular formula is C14H15BrO. The van der Waals surface area contributed by atoms with Crippen molar-refractivity contribution in [2.45, 2.75) is 23.3 Å². The van der Waals surface area contributed by atoms with Gasteiger partial charge in [0.2, 0.25) is 0 Å². The first-order valence-electron chi connectivity index (χ1n) is 5.83. The zero-order valence-electron chi connectivity index (χ0n) is 9.01. The third-order valence-electron chi connectivity index (χ3n) is 3.93. The van der Waals surface area contributed by atoms with Gasteiger partial charge in [-0.15, -0.1) is 0 Å². The van der Waals surface area contributed by atoms with Gasteiger partial charge in [-0.05, 0) is 30.2 Å². The molecule has 1 nitrogen and oxygen atoms in total. The molecule has 0 saturated heterocycles. The monoisotopic (exact) mass is 278 g/mol. The molecule has 0 aliphatic heterocycles. The van der Waals surface area contributed by atoms with E-state index in [2.05, 4.69) is 28.1 Å². The molecule has 84 valence electrons. The standard InChI is InChI=1S/C14H15BrO/c15-14(11-8-4-5-9-12(11)14)13(16)10-6-2-1-3-7-10/h1-4,6-8,11-13,16H,5,9H2/t11-,12+,13?,14-/m1/s1. The van der Waals surface area contributed by atoms with E-state index < -0.39 is 6.10 Å². The largest absolute Gasteiger partial charge is 0.387 e. The lowest BCUT2D eigenvalue weighted by Gasteiger charge is -2.18. The van der Waals surface area contributed by atoms with E-state index in [1.54, 1.807) is 0 Å². The van der Waals surface area contributed by atoms with Crippen LogP contribution < -0.4 is 0 Å². The van der Waals surface area contributed by atoms with Crippen LogP contribution in [0.25, 0.3) is 0 Å². The maximum atomic E-state index is 10.5. The molecule has 16 heavy (non-hydrogen) atoms. The van der Waals surface area contributed by atoms with E-state index in [0.29, 0.717) is 11.8 Å². The van der Waals surface area contributed by atoms with Crippen molar-refractivity contribution in [3.05, 3.63) is 48.0 Å². The van der Waals surface area contributed by atoms with Crippen molar-refractivity contribution in [3.8, 4) is 0 Å². The van der Waals surface area contributed by atoms with E-state index in [1.165, 1.54) is 6.42 Å². The summed E-state index contributed by atoms with van der Waals surface area (Å²) in [4.78, 5) is 0. The Kier molecular flexibility index (Phi) is 2.45. The van der Waals surface area contributed by atoms with Gasteiger partial charge in [0.05, 0.1) is 10.4 Å². The van der Waals surface area contributed by atoms with Crippen LogP contribution in [0.2, 0.25) is 0 Å². The van der Waals surface area contributed by atoms with Gasteiger partial charge in [0.1, 0.15) is 0 Å². The molecule has 1 saturated carbocycles. The molecule has 2 aliphatic rings. The van der Waals surface area contributed by atoms with Gasteiger partial charge in [0.15, 0.2) is 0 Å². The van der Waals surface area contributed by atoms with Crippen molar-refractivity contribution in [3.63, 3.8) is 0 Å². The topological polar surface area (TPSA) is 20.2 Å². The summed E-state index contributed by atoms with van der Waals surface area (Å²) in [6.45, 7) is 0. The normalized spacial score (nSPS) is 37.9. The molecule has 2 heteroatoms. The molecular weight excluding hydrogens is 264 g/mol. The first-order valence-corrected chi connectivity index (χ1v) is 6.62. The summed E-state index contributed by atoms with van der Waals surface area (Å²) < 4.78 is -0.110. The number of aliphatic hydroxyl groups excluding tert-OH is 1. The molecule has 0 radical (unpaired) electrons. The van der Waals surface area contributed by atoms with E-state index in [4.69, 9.17) is 0 Å².